The first-order chi connectivity index (χ1) is 4.74. The normalized spacial score (nSPS) is 33.2. The first kappa shape index (κ1) is 7.52. The van der Waals surface area contributed by atoms with Gasteiger partial charge in [0.25, 0.3) is 0 Å². The SMILES string of the molecule is CC1=CC[C@@H](C)[C@H](C=O)C1. The Hall–Kier alpha value is -0.590. The lowest BCUT2D eigenvalue weighted by molar-refractivity contribution is -0.112. The van der Waals surface area contributed by atoms with E-state index >= 15 is 0 Å². The molecular weight excluding hydrogens is 124 g/mol. The van der Waals surface area contributed by atoms with Gasteiger partial charge in [-0.25, -0.2) is 0 Å². The number of hydrogen-bond donors (Lipinski definition) is 0. The summed E-state index contributed by atoms with van der Waals surface area (Å²) in [7, 11) is 0. The van der Waals surface area contributed by atoms with Crippen molar-refractivity contribution in [2.45, 2.75) is 26.7 Å². The molecule has 0 spiro atoms. The second-order valence-electron chi connectivity index (χ2n) is 3.27. The Morgan fingerprint density at radius 1 is 1.70 bits per heavy atom. The molecular formula is C9H14O. The first-order valence-electron chi connectivity index (χ1n) is 3.85. The van der Waals surface area contributed by atoms with Crippen LogP contribution in [-0.4, -0.2) is 6.29 Å². The van der Waals surface area contributed by atoms with E-state index in [0.717, 1.165) is 19.1 Å². The highest BCUT2D eigenvalue weighted by atomic mass is 16.1. The van der Waals surface area contributed by atoms with Crippen molar-refractivity contribution >= 4 is 6.29 Å². The molecule has 0 aromatic rings. The molecule has 0 bridgehead atoms. The van der Waals surface area contributed by atoms with E-state index in [9.17, 15) is 4.79 Å². The van der Waals surface area contributed by atoms with Crippen molar-refractivity contribution < 1.29 is 4.79 Å². The second-order valence-corrected chi connectivity index (χ2v) is 3.27. The van der Waals surface area contributed by atoms with Gasteiger partial charge in [0.05, 0.1) is 0 Å². The minimum atomic E-state index is 0.282. The maximum absolute atomic E-state index is 10.5. The summed E-state index contributed by atoms with van der Waals surface area (Å²) in [6.07, 6.45) is 5.39. The number of allylic oxidation sites excluding steroid dienone is 2. The van der Waals surface area contributed by atoms with Crippen molar-refractivity contribution in [1.82, 2.24) is 0 Å². The van der Waals surface area contributed by atoms with Crippen LogP contribution >= 0.6 is 0 Å². The zero-order valence-corrected chi connectivity index (χ0v) is 6.63. The molecule has 1 nitrogen and oxygen atoms in total. The monoisotopic (exact) mass is 138 g/mol. The predicted octanol–water partition coefficient (Wildman–Crippen LogP) is 2.18. The third-order valence-corrected chi connectivity index (χ3v) is 2.30. The quantitative estimate of drug-likeness (QED) is 0.401. The number of carbonyl (C=O) groups is 1. The van der Waals surface area contributed by atoms with Gasteiger partial charge >= 0.3 is 0 Å². The number of aldehydes is 1. The number of carbonyl (C=O) groups excluding carboxylic acids is 1. The standard InChI is InChI=1S/C9H14O/c1-7-3-4-8(2)9(5-7)6-10/h3,6,8-9H,4-5H2,1-2H3/t8-,9+/m1/s1. The van der Waals surface area contributed by atoms with Crippen LogP contribution in [0.15, 0.2) is 11.6 Å². The molecule has 0 amide bonds. The van der Waals surface area contributed by atoms with E-state index in [1.807, 2.05) is 0 Å². The van der Waals surface area contributed by atoms with Gasteiger partial charge in [0.15, 0.2) is 0 Å². The topological polar surface area (TPSA) is 17.1 Å². The summed E-state index contributed by atoms with van der Waals surface area (Å²) < 4.78 is 0. The average molecular weight is 138 g/mol. The Kier molecular flexibility index (Phi) is 2.25. The molecule has 0 N–H and O–H groups in total. The van der Waals surface area contributed by atoms with E-state index < -0.39 is 0 Å². The van der Waals surface area contributed by atoms with Crippen LogP contribution in [0.2, 0.25) is 0 Å². The molecule has 1 heteroatoms. The molecule has 0 aromatic carbocycles. The van der Waals surface area contributed by atoms with Crippen LogP contribution < -0.4 is 0 Å². The van der Waals surface area contributed by atoms with E-state index in [-0.39, 0.29) is 5.92 Å². The van der Waals surface area contributed by atoms with Crippen LogP contribution in [-0.2, 0) is 4.79 Å². The Bertz CT molecular complexity index is 158. The van der Waals surface area contributed by atoms with E-state index in [4.69, 9.17) is 0 Å². The van der Waals surface area contributed by atoms with Crippen molar-refractivity contribution in [3.8, 4) is 0 Å². The van der Waals surface area contributed by atoms with Gasteiger partial charge in [-0.2, -0.15) is 0 Å². The van der Waals surface area contributed by atoms with Gasteiger partial charge in [-0.3, -0.25) is 0 Å². The smallest absolute Gasteiger partial charge is 0.123 e. The summed E-state index contributed by atoms with van der Waals surface area (Å²) in [4.78, 5) is 10.5. The van der Waals surface area contributed by atoms with Crippen molar-refractivity contribution in [2.24, 2.45) is 11.8 Å². The molecule has 2 atom stereocenters. The van der Waals surface area contributed by atoms with Crippen molar-refractivity contribution in [2.75, 3.05) is 0 Å². The summed E-state index contributed by atoms with van der Waals surface area (Å²) in [5, 5.41) is 0. The average Bonchev–Trinajstić information content (AvgIpc) is 1.94. The van der Waals surface area contributed by atoms with Crippen molar-refractivity contribution in [1.29, 1.82) is 0 Å². The zero-order valence-electron chi connectivity index (χ0n) is 6.63. The van der Waals surface area contributed by atoms with E-state index in [0.29, 0.717) is 5.92 Å². The van der Waals surface area contributed by atoms with E-state index in [1.165, 1.54) is 5.57 Å². The molecule has 0 saturated heterocycles. The van der Waals surface area contributed by atoms with Crippen LogP contribution in [0.5, 0.6) is 0 Å². The molecule has 0 aromatic heterocycles. The summed E-state index contributed by atoms with van der Waals surface area (Å²) in [5.41, 5.74) is 1.37. The zero-order chi connectivity index (χ0) is 7.56. The second kappa shape index (κ2) is 3.00. The van der Waals surface area contributed by atoms with Crippen LogP contribution in [0.1, 0.15) is 26.7 Å². The number of hydrogen-bond acceptors (Lipinski definition) is 1. The molecule has 1 aliphatic carbocycles. The lowest BCUT2D eigenvalue weighted by Crippen LogP contribution is -2.16. The molecule has 0 unspecified atom stereocenters. The molecule has 0 heterocycles. The Labute approximate surface area is 62.1 Å². The van der Waals surface area contributed by atoms with Gasteiger partial charge in [-0.1, -0.05) is 18.6 Å². The van der Waals surface area contributed by atoms with Crippen molar-refractivity contribution in [3.05, 3.63) is 11.6 Å². The minimum Gasteiger partial charge on any atom is -0.303 e. The Morgan fingerprint density at radius 3 is 2.90 bits per heavy atom. The lowest BCUT2D eigenvalue weighted by atomic mass is 9.82. The molecule has 0 saturated carbocycles. The van der Waals surface area contributed by atoms with Gasteiger partial charge in [-0.05, 0) is 25.7 Å². The highest BCUT2D eigenvalue weighted by Crippen LogP contribution is 2.27. The van der Waals surface area contributed by atoms with Gasteiger partial charge < -0.3 is 4.79 Å². The van der Waals surface area contributed by atoms with E-state index in [1.54, 1.807) is 0 Å². The van der Waals surface area contributed by atoms with Gasteiger partial charge in [0, 0.05) is 5.92 Å². The van der Waals surface area contributed by atoms with Crippen LogP contribution in [0.4, 0.5) is 0 Å². The maximum Gasteiger partial charge on any atom is 0.123 e. The lowest BCUT2D eigenvalue weighted by Gasteiger charge is -2.22. The maximum atomic E-state index is 10.5. The molecule has 0 radical (unpaired) electrons. The fourth-order valence-corrected chi connectivity index (χ4v) is 1.40. The van der Waals surface area contributed by atoms with Crippen LogP contribution in [0.25, 0.3) is 0 Å². The highest BCUT2D eigenvalue weighted by molar-refractivity contribution is 5.55. The summed E-state index contributed by atoms with van der Waals surface area (Å²) in [6, 6.07) is 0. The molecule has 0 fully saturated rings. The van der Waals surface area contributed by atoms with Gasteiger partial charge in [0.2, 0.25) is 0 Å². The number of rotatable bonds is 1. The molecule has 1 aliphatic rings. The Balaban J connectivity index is 2.61. The molecule has 0 aliphatic heterocycles. The predicted molar refractivity (Wildman–Crippen MR) is 41.7 cm³/mol. The third kappa shape index (κ3) is 1.47. The van der Waals surface area contributed by atoms with Crippen molar-refractivity contribution in [3.63, 3.8) is 0 Å². The largest absolute Gasteiger partial charge is 0.303 e. The van der Waals surface area contributed by atoms with Gasteiger partial charge in [0.1, 0.15) is 6.29 Å². The summed E-state index contributed by atoms with van der Waals surface area (Å²) >= 11 is 0. The van der Waals surface area contributed by atoms with Crippen LogP contribution in [0.3, 0.4) is 0 Å². The fourth-order valence-electron chi connectivity index (χ4n) is 1.40. The summed E-state index contributed by atoms with van der Waals surface area (Å²) in [5.74, 6) is 0.839. The van der Waals surface area contributed by atoms with Crippen LogP contribution in [0, 0.1) is 11.8 Å². The third-order valence-electron chi connectivity index (χ3n) is 2.30. The highest BCUT2D eigenvalue weighted by Gasteiger charge is 2.19. The molecule has 10 heavy (non-hydrogen) atoms. The fraction of sp³-hybridized carbons (Fsp3) is 0.667. The van der Waals surface area contributed by atoms with E-state index in [2.05, 4.69) is 19.9 Å². The van der Waals surface area contributed by atoms with Gasteiger partial charge in [-0.15, -0.1) is 0 Å². The first-order valence-corrected chi connectivity index (χ1v) is 3.85. The molecule has 1 rings (SSSR count). The minimum absolute atomic E-state index is 0.282. The molecule has 56 valence electrons. The Morgan fingerprint density at radius 2 is 2.40 bits per heavy atom. The summed E-state index contributed by atoms with van der Waals surface area (Å²) in [6.45, 7) is 4.24.